The Kier molecular flexibility index (Phi) is 7.29. The van der Waals surface area contributed by atoms with Crippen molar-refractivity contribution in [2.45, 2.75) is 19.8 Å². The van der Waals surface area contributed by atoms with Crippen LogP contribution in [-0.4, -0.2) is 50.6 Å². The van der Waals surface area contributed by atoms with Gasteiger partial charge in [-0.15, -0.1) is 0 Å². The van der Waals surface area contributed by atoms with Crippen LogP contribution in [0.15, 0.2) is 48.5 Å². The van der Waals surface area contributed by atoms with Crippen LogP contribution in [0.5, 0.6) is 11.5 Å². The smallest absolute Gasteiger partial charge is 0.314 e. The molecule has 31 heavy (non-hydrogen) atoms. The van der Waals surface area contributed by atoms with Gasteiger partial charge in [0.1, 0.15) is 11.5 Å². The molecule has 0 aliphatic carbocycles. The largest absolute Gasteiger partial charge is 0.496 e. The van der Waals surface area contributed by atoms with Gasteiger partial charge in [0, 0.05) is 18.8 Å². The summed E-state index contributed by atoms with van der Waals surface area (Å²) in [6, 6.07) is 13.4. The number of methoxy groups -OCH3 is 1. The van der Waals surface area contributed by atoms with Gasteiger partial charge in [0.05, 0.1) is 24.3 Å². The van der Waals surface area contributed by atoms with Crippen molar-refractivity contribution >= 4 is 27.6 Å². The lowest BCUT2D eigenvalue weighted by Crippen LogP contribution is -2.41. The van der Waals surface area contributed by atoms with E-state index in [4.69, 9.17) is 9.47 Å². The minimum absolute atomic E-state index is 0.0576. The van der Waals surface area contributed by atoms with E-state index in [0.717, 1.165) is 0 Å². The molecule has 9 heteroatoms. The fourth-order valence-corrected chi connectivity index (χ4v) is 4.52. The lowest BCUT2D eigenvalue weighted by molar-refractivity contribution is -0.140. The highest BCUT2D eigenvalue weighted by molar-refractivity contribution is 7.89. The molecule has 1 fully saturated rings. The first-order chi connectivity index (χ1) is 14.8. The third kappa shape index (κ3) is 5.62. The van der Waals surface area contributed by atoms with Gasteiger partial charge in [0.15, 0.2) is 0 Å². The first-order valence-electron chi connectivity index (χ1n) is 10.1. The van der Waals surface area contributed by atoms with Crippen molar-refractivity contribution in [2.75, 3.05) is 31.3 Å². The van der Waals surface area contributed by atoms with Crippen LogP contribution in [0.25, 0.3) is 0 Å². The monoisotopic (exact) mass is 446 g/mol. The fourth-order valence-electron chi connectivity index (χ4n) is 3.39. The molecule has 166 valence electrons. The van der Waals surface area contributed by atoms with E-state index >= 15 is 0 Å². The quantitative estimate of drug-likeness (QED) is 0.518. The second-order valence-electron chi connectivity index (χ2n) is 7.17. The number of nitrogens with one attached hydrogen (secondary N) is 1. The third-order valence-corrected chi connectivity index (χ3v) is 7.11. The highest BCUT2D eigenvalue weighted by Gasteiger charge is 2.31. The molecule has 1 N–H and O–H groups in total. The van der Waals surface area contributed by atoms with Crippen LogP contribution in [0.3, 0.4) is 0 Å². The van der Waals surface area contributed by atoms with Crippen molar-refractivity contribution in [3.63, 3.8) is 0 Å². The number of carbonyl (C=O) groups excluding carboxylic acids is 2. The van der Waals surface area contributed by atoms with Gasteiger partial charge in [-0.05, 0) is 56.2 Å². The summed E-state index contributed by atoms with van der Waals surface area (Å²) < 4.78 is 35.9. The maximum Gasteiger partial charge on any atom is 0.314 e. The highest BCUT2D eigenvalue weighted by atomic mass is 32.2. The Morgan fingerprint density at radius 3 is 2.32 bits per heavy atom. The van der Waals surface area contributed by atoms with Crippen LogP contribution < -0.4 is 14.8 Å². The second kappa shape index (κ2) is 9.93. The maximum atomic E-state index is 12.5. The number of esters is 1. The van der Waals surface area contributed by atoms with E-state index in [1.165, 1.54) is 11.4 Å². The average molecular weight is 447 g/mol. The molecule has 2 aromatic carbocycles. The Morgan fingerprint density at radius 1 is 1.06 bits per heavy atom. The first-order valence-corrected chi connectivity index (χ1v) is 11.7. The molecule has 2 aromatic rings. The summed E-state index contributed by atoms with van der Waals surface area (Å²) >= 11 is 0. The molecule has 0 aromatic heterocycles. The molecule has 3 rings (SSSR count). The minimum atomic E-state index is -3.23. The number of sulfonamides is 1. The number of anilines is 1. The van der Waals surface area contributed by atoms with E-state index < -0.39 is 10.0 Å². The summed E-state index contributed by atoms with van der Waals surface area (Å²) in [5, 5.41) is 2.78. The Labute approximate surface area is 182 Å². The van der Waals surface area contributed by atoms with Gasteiger partial charge >= 0.3 is 5.97 Å². The number of amides is 1. The van der Waals surface area contributed by atoms with Crippen molar-refractivity contribution < 1.29 is 27.5 Å². The Morgan fingerprint density at radius 2 is 1.71 bits per heavy atom. The van der Waals surface area contributed by atoms with Crippen LogP contribution in [-0.2, 0) is 14.8 Å². The molecule has 1 heterocycles. The van der Waals surface area contributed by atoms with Crippen LogP contribution >= 0.6 is 0 Å². The van der Waals surface area contributed by atoms with Crippen LogP contribution in [0.4, 0.5) is 5.69 Å². The average Bonchev–Trinajstić information content (AvgIpc) is 2.80. The molecular weight excluding hydrogens is 420 g/mol. The topological polar surface area (TPSA) is 102 Å². The molecule has 0 saturated carbocycles. The lowest BCUT2D eigenvalue weighted by atomic mass is 9.98. The Balaban J connectivity index is 1.55. The van der Waals surface area contributed by atoms with Crippen molar-refractivity contribution in [2.24, 2.45) is 5.92 Å². The van der Waals surface area contributed by atoms with Gasteiger partial charge in [-0.1, -0.05) is 12.1 Å². The van der Waals surface area contributed by atoms with E-state index in [0.29, 0.717) is 48.7 Å². The summed E-state index contributed by atoms with van der Waals surface area (Å²) in [5.74, 6) is -0.127. The Hall–Kier alpha value is -2.91. The van der Waals surface area contributed by atoms with E-state index in [-0.39, 0.29) is 23.5 Å². The number of hydrogen-bond acceptors (Lipinski definition) is 6. The highest BCUT2D eigenvalue weighted by Crippen LogP contribution is 2.24. The SMILES string of the molecule is CCS(=O)(=O)N1CCC(C(=O)Oc2ccc(NC(=O)c3ccccc3OC)cc2)CC1. The zero-order valence-electron chi connectivity index (χ0n) is 17.5. The Bertz CT molecular complexity index is 1030. The number of carbonyl (C=O) groups is 2. The van der Waals surface area contributed by atoms with Crippen LogP contribution in [0, 0.1) is 5.92 Å². The first kappa shape index (κ1) is 22.8. The zero-order chi connectivity index (χ0) is 22.4. The molecular formula is C22H26N2O6S. The molecule has 1 saturated heterocycles. The van der Waals surface area contributed by atoms with Crippen molar-refractivity contribution in [3.8, 4) is 11.5 Å². The number of nitrogens with zero attached hydrogens (tertiary/aromatic N) is 1. The predicted molar refractivity (Wildman–Crippen MR) is 117 cm³/mol. The minimum Gasteiger partial charge on any atom is -0.496 e. The van der Waals surface area contributed by atoms with E-state index in [2.05, 4.69) is 5.32 Å². The number of rotatable bonds is 7. The zero-order valence-corrected chi connectivity index (χ0v) is 18.4. The third-order valence-electron chi connectivity index (χ3n) is 5.23. The van der Waals surface area contributed by atoms with Gasteiger partial charge in [-0.3, -0.25) is 9.59 Å². The molecule has 0 unspecified atom stereocenters. The predicted octanol–water partition coefficient (Wildman–Crippen LogP) is 2.91. The van der Waals surface area contributed by atoms with Gasteiger partial charge in [0.2, 0.25) is 10.0 Å². The normalized spacial score (nSPS) is 15.3. The van der Waals surface area contributed by atoms with E-state index in [1.807, 2.05) is 0 Å². The molecule has 1 amide bonds. The lowest BCUT2D eigenvalue weighted by Gasteiger charge is -2.29. The number of hydrogen-bond donors (Lipinski definition) is 1. The fraction of sp³-hybridized carbons (Fsp3) is 0.364. The van der Waals surface area contributed by atoms with Crippen LogP contribution in [0.2, 0.25) is 0 Å². The summed E-state index contributed by atoms with van der Waals surface area (Å²) in [7, 11) is -1.73. The summed E-state index contributed by atoms with van der Waals surface area (Å²) in [6.07, 6.45) is 0.871. The summed E-state index contributed by atoms with van der Waals surface area (Å²) in [4.78, 5) is 24.9. The second-order valence-corrected chi connectivity index (χ2v) is 9.43. The van der Waals surface area contributed by atoms with E-state index in [1.54, 1.807) is 55.5 Å². The van der Waals surface area contributed by atoms with Crippen molar-refractivity contribution in [3.05, 3.63) is 54.1 Å². The molecule has 0 spiro atoms. The molecule has 0 radical (unpaired) electrons. The number of benzene rings is 2. The molecule has 1 aliphatic rings. The van der Waals surface area contributed by atoms with Gasteiger partial charge in [-0.25, -0.2) is 12.7 Å². The van der Waals surface area contributed by atoms with E-state index in [9.17, 15) is 18.0 Å². The molecule has 0 bridgehead atoms. The molecule has 1 aliphatic heterocycles. The van der Waals surface area contributed by atoms with Crippen molar-refractivity contribution in [1.82, 2.24) is 4.31 Å². The number of para-hydroxylation sites is 1. The molecule has 0 atom stereocenters. The standard InChI is InChI=1S/C22H26N2O6S/c1-3-31(27,28)24-14-12-16(13-15-24)22(26)30-18-10-8-17(9-11-18)23-21(25)19-6-4-5-7-20(19)29-2/h4-11,16H,3,12-15H2,1-2H3,(H,23,25). The summed E-state index contributed by atoms with van der Waals surface area (Å²) in [6.45, 7) is 2.26. The maximum absolute atomic E-state index is 12.5. The van der Waals surface area contributed by atoms with Crippen molar-refractivity contribution in [1.29, 1.82) is 0 Å². The van der Waals surface area contributed by atoms with Gasteiger partial charge in [0.25, 0.3) is 5.91 Å². The number of piperidine rings is 1. The van der Waals surface area contributed by atoms with Gasteiger partial charge in [-0.2, -0.15) is 0 Å². The van der Waals surface area contributed by atoms with Gasteiger partial charge < -0.3 is 14.8 Å². The van der Waals surface area contributed by atoms with Crippen LogP contribution in [0.1, 0.15) is 30.1 Å². The molecule has 8 nitrogen and oxygen atoms in total. The number of ether oxygens (including phenoxy) is 2. The summed E-state index contributed by atoms with van der Waals surface area (Å²) in [5.41, 5.74) is 0.964.